The first-order valence-corrected chi connectivity index (χ1v) is 8.77. The fourth-order valence-electron chi connectivity index (χ4n) is 2.97. The van der Waals surface area contributed by atoms with Crippen molar-refractivity contribution in [3.05, 3.63) is 30.1 Å². The molecule has 8 nitrogen and oxygen atoms in total. The molecule has 0 spiro atoms. The van der Waals surface area contributed by atoms with Crippen LogP contribution in [0.5, 0.6) is 0 Å². The van der Waals surface area contributed by atoms with E-state index in [0.717, 1.165) is 37.7 Å². The maximum absolute atomic E-state index is 12.4. The Balaban J connectivity index is 1.60. The molecule has 1 saturated heterocycles. The van der Waals surface area contributed by atoms with E-state index in [2.05, 4.69) is 20.2 Å². The molecule has 25 heavy (non-hydrogen) atoms. The number of rotatable bonds is 4. The first kappa shape index (κ1) is 17.2. The van der Waals surface area contributed by atoms with E-state index in [9.17, 15) is 4.79 Å². The van der Waals surface area contributed by atoms with Crippen LogP contribution in [0.2, 0.25) is 0 Å². The number of aromatic nitrogens is 4. The lowest BCUT2D eigenvalue weighted by Gasteiger charge is -2.37. The van der Waals surface area contributed by atoms with Crippen LogP contribution in [0.3, 0.4) is 0 Å². The predicted molar refractivity (Wildman–Crippen MR) is 96.0 cm³/mol. The molecule has 2 amide bonds. The highest BCUT2D eigenvalue weighted by atomic mass is 16.2. The topological polar surface area (TPSA) is 70.4 Å². The predicted octanol–water partition coefficient (Wildman–Crippen LogP) is 1.55. The van der Waals surface area contributed by atoms with Gasteiger partial charge in [0, 0.05) is 45.5 Å². The molecule has 1 fully saturated rings. The van der Waals surface area contributed by atoms with Gasteiger partial charge in [0.1, 0.15) is 0 Å². The molecule has 2 aromatic rings. The number of aryl methyl sites for hydroxylation is 1. The summed E-state index contributed by atoms with van der Waals surface area (Å²) in [5, 5.41) is 12.9. The van der Waals surface area contributed by atoms with Gasteiger partial charge in [-0.2, -0.15) is 5.10 Å². The number of hydrogen-bond acceptors (Lipinski definition) is 5. The first-order chi connectivity index (χ1) is 12.1. The largest absolute Gasteiger partial charge is 0.352 e. The molecule has 0 bridgehead atoms. The smallest absolute Gasteiger partial charge is 0.320 e. The molecule has 0 N–H and O–H groups in total. The molecule has 1 aliphatic rings. The highest BCUT2D eigenvalue weighted by Crippen LogP contribution is 2.15. The zero-order valence-corrected chi connectivity index (χ0v) is 15.1. The molecule has 0 radical (unpaired) electrons. The van der Waals surface area contributed by atoms with Crippen LogP contribution in [0.25, 0.3) is 5.82 Å². The summed E-state index contributed by atoms with van der Waals surface area (Å²) in [4.78, 5) is 18.3. The van der Waals surface area contributed by atoms with E-state index in [4.69, 9.17) is 0 Å². The van der Waals surface area contributed by atoms with Gasteiger partial charge in [-0.1, -0.05) is 0 Å². The summed E-state index contributed by atoms with van der Waals surface area (Å²) in [6, 6.07) is 5.94. The van der Waals surface area contributed by atoms with Crippen molar-refractivity contribution in [2.75, 3.05) is 44.2 Å². The number of anilines is 1. The van der Waals surface area contributed by atoms with Crippen molar-refractivity contribution in [1.29, 1.82) is 0 Å². The molecular formula is C17H25N7O. The monoisotopic (exact) mass is 343 g/mol. The second-order valence-corrected chi connectivity index (χ2v) is 6.08. The standard InChI is InChI=1S/C17H25N7O/c1-4-21(5-2)17(25)23-12-10-22(11-13-23)15-6-7-16(19-18-15)24-9-8-14(3)20-24/h6-9H,4-5,10-13H2,1-3H3. The van der Waals surface area contributed by atoms with Crippen molar-refractivity contribution in [2.24, 2.45) is 0 Å². The van der Waals surface area contributed by atoms with Gasteiger partial charge in [-0.05, 0) is 39.0 Å². The van der Waals surface area contributed by atoms with E-state index in [-0.39, 0.29) is 6.03 Å². The second kappa shape index (κ2) is 7.50. The van der Waals surface area contributed by atoms with Gasteiger partial charge in [-0.3, -0.25) is 0 Å². The van der Waals surface area contributed by atoms with Gasteiger partial charge >= 0.3 is 6.03 Å². The fraction of sp³-hybridized carbons (Fsp3) is 0.529. The first-order valence-electron chi connectivity index (χ1n) is 8.77. The van der Waals surface area contributed by atoms with Crippen molar-refractivity contribution < 1.29 is 4.79 Å². The van der Waals surface area contributed by atoms with E-state index in [0.29, 0.717) is 18.9 Å². The Kier molecular flexibility index (Phi) is 5.16. The van der Waals surface area contributed by atoms with Crippen LogP contribution in [-0.4, -0.2) is 75.1 Å². The fourth-order valence-corrected chi connectivity index (χ4v) is 2.97. The van der Waals surface area contributed by atoms with Crippen molar-refractivity contribution >= 4 is 11.8 Å². The van der Waals surface area contributed by atoms with E-state index >= 15 is 0 Å². The van der Waals surface area contributed by atoms with Crippen LogP contribution >= 0.6 is 0 Å². The molecule has 0 saturated carbocycles. The number of hydrogen-bond donors (Lipinski definition) is 0. The quantitative estimate of drug-likeness (QED) is 0.842. The van der Waals surface area contributed by atoms with E-state index in [1.54, 1.807) is 4.68 Å². The van der Waals surface area contributed by atoms with Crippen molar-refractivity contribution in [2.45, 2.75) is 20.8 Å². The highest BCUT2D eigenvalue weighted by molar-refractivity contribution is 5.74. The van der Waals surface area contributed by atoms with E-state index < -0.39 is 0 Å². The molecule has 0 aromatic carbocycles. The molecule has 0 unspecified atom stereocenters. The third-order valence-corrected chi connectivity index (χ3v) is 4.50. The molecule has 2 aromatic heterocycles. The van der Waals surface area contributed by atoms with Gasteiger partial charge in [0.25, 0.3) is 0 Å². The molecule has 8 heteroatoms. The maximum Gasteiger partial charge on any atom is 0.320 e. The number of carbonyl (C=O) groups is 1. The third-order valence-electron chi connectivity index (χ3n) is 4.50. The SMILES string of the molecule is CCN(CC)C(=O)N1CCN(c2ccc(-n3ccc(C)n3)nn2)CC1. The average molecular weight is 343 g/mol. The normalized spacial score (nSPS) is 14.7. The van der Waals surface area contributed by atoms with Gasteiger partial charge in [0.05, 0.1) is 5.69 Å². The molecule has 0 aliphatic carbocycles. The van der Waals surface area contributed by atoms with Gasteiger partial charge in [0.2, 0.25) is 0 Å². The maximum atomic E-state index is 12.4. The van der Waals surface area contributed by atoms with E-state index in [1.165, 1.54) is 0 Å². The summed E-state index contributed by atoms with van der Waals surface area (Å²) in [7, 11) is 0. The second-order valence-electron chi connectivity index (χ2n) is 6.08. The number of piperazine rings is 1. The molecule has 134 valence electrons. The van der Waals surface area contributed by atoms with Crippen LogP contribution in [0.15, 0.2) is 24.4 Å². The summed E-state index contributed by atoms with van der Waals surface area (Å²) in [5.41, 5.74) is 0.944. The van der Waals surface area contributed by atoms with Crippen LogP contribution in [0, 0.1) is 6.92 Å². The molecule has 1 aliphatic heterocycles. The zero-order chi connectivity index (χ0) is 17.8. The molecule has 0 atom stereocenters. The third kappa shape index (κ3) is 3.72. The molecular weight excluding hydrogens is 318 g/mol. The van der Waals surface area contributed by atoms with Gasteiger partial charge in [0.15, 0.2) is 11.6 Å². The Morgan fingerprint density at radius 1 is 1.04 bits per heavy atom. The summed E-state index contributed by atoms with van der Waals surface area (Å²) >= 11 is 0. The highest BCUT2D eigenvalue weighted by Gasteiger charge is 2.24. The molecule has 3 heterocycles. The van der Waals surface area contributed by atoms with Crippen LogP contribution < -0.4 is 4.90 Å². The minimum Gasteiger partial charge on any atom is -0.352 e. The zero-order valence-electron chi connectivity index (χ0n) is 15.1. The number of nitrogens with zero attached hydrogens (tertiary/aromatic N) is 7. The van der Waals surface area contributed by atoms with E-state index in [1.807, 2.05) is 55.0 Å². The summed E-state index contributed by atoms with van der Waals surface area (Å²) in [5.74, 6) is 1.54. The van der Waals surface area contributed by atoms with Crippen LogP contribution in [0.1, 0.15) is 19.5 Å². The lowest BCUT2D eigenvalue weighted by Crippen LogP contribution is -2.53. The van der Waals surface area contributed by atoms with Gasteiger partial charge in [-0.25, -0.2) is 9.48 Å². The Morgan fingerprint density at radius 2 is 1.68 bits per heavy atom. The number of urea groups is 1. The lowest BCUT2D eigenvalue weighted by molar-refractivity contribution is 0.154. The summed E-state index contributed by atoms with van der Waals surface area (Å²) in [6.45, 7) is 10.4. The number of carbonyl (C=O) groups excluding carboxylic acids is 1. The van der Waals surface area contributed by atoms with Crippen molar-refractivity contribution in [3.8, 4) is 5.82 Å². The van der Waals surface area contributed by atoms with Crippen molar-refractivity contribution in [3.63, 3.8) is 0 Å². The Bertz CT molecular complexity index is 700. The van der Waals surface area contributed by atoms with Gasteiger partial charge < -0.3 is 14.7 Å². The number of amides is 2. The Morgan fingerprint density at radius 3 is 2.20 bits per heavy atom. The molecule has 3 rings (SSSR count). The summed E-state index contributed by atoms with van der Waals surface area (Å²) < 4.78 is 1.72. The summed E-state index contributed by atoms with van der Waals surface area (Å²) in [6.07, 6.45) is 1.87. The van der Waals surface area contributed by atoms with Gasteiger partial charge in [-0.15, -0.1) is 10.2 Å². The minimum atomic E-state index is 0.125. The lowest BCUT2D eigenvalue weighted by atomic mass is 10.3. The van der Waals surface area contributed by atoms with Crippen LogP contribution in [-0.2, 0) is 0 Å². The minimum absolute atomic E-state index is 0.125. The average Bonchev–Trinajstić information content (AvgIpc) is 3.09. The Labute approximate surface area is 148 Å². The van der Waals surface area contributed by atoms with Crippen LogP contribution in [0.4, 0.5) is 10.6 Å². The Hall–Kier alpha value is -2.64. The van der Waals surface area contributed by atoms with Crippen molar-refractivity contribution in [1.82, 2.24) is 29.8 Å².